The van der Waals surface area contributed by atoms with Crippen LogP contribution < -0.4 is 0 Å². The van der Waals surface area contributed by atoms with Gasteiger partial charge in [0.15, 0.2) is 17.5 Å². The van der Waals surface area contributed by atoms with Gasteiger partial charge < -0.3 is 9.67 Å². The topological polar surface area (TPSA) is 70.9 Å². The summed E-state index contributed by atoms with van der Waals surface area (Å²) < 4.78 is 45.4. The molecule has 2 aromatic heterocycles. The zero-order chi connectivity index (χ0) is 22.9. The van der Waals surface area contributed by atoms with E-state index in [1.807, 2.05) is 13.8 Å². The minimum absolute atomic E-state index is 0.0851. The van der Waals surface area contributed by atoms with Gasteiger partial charge in [-0.2, -0.15) is 5.10 Å². The van der Waals surface area contributed by atoms with Crippen LogP contribution in [0.3, 0.4) is 0 Å². The Labute approximate surface area is 181 Å². The molecule has 8 heteroatoms. The normalized spacial score (nSPS) is 20.9. The lowest BCUT2D eigenvalue weighted by molar-refractivity contribution is -0.154. The van der Waals surface area contributed by atoms with E-state index in [2.05, 4.69) is 10.2 Å². The lowest BCUT2D eigenvalue weighted by Crippen LogP contribution is -2.40. The number of carbonyl (C=O) groups is 1. The maximum Gasteiger partial charge on any atom is 0.309 e. The quantitative estimate of drug-likeness (QED) is 0.407. The van der Waals surface area contributed by atoms with E-state index in [9.17, 15) is 18.7 Å². The van der Waals surface area contributed by atoms with Crippen LogP contribution in [0, 0.1) is 22.9 Å². The van der Waals surface area contributed by atoms with Crippen molar-refractivity contribution in [2.75, 3.05) is 0 Å². The molecule has 1 aliphatic carbocycles. The van der Waals surface area contributed by atoms with E-state index >= 15 is 4.39 Å². The molecule has 2 N–H and O–H groups in total. The fraction of sp³-hybridized carbons (Fsp3) is 0.333. The largest absolute Gasteiger partial charge is 0.481 e. The lowest BCUT2D eigenvalue weighted by Gasteiger charge is -2.42. The molecule has 2 aromatic carbocycles. The number of hydrogen-bond acceptors (Lipinski definition) is 2. The zero-order valence-electron chi connectivity index (χ0n) is 17.8. The van der Waals surface area contributed by atoms with Crippen molar-refractivity contribution in [2.45, 2.75) is 45.4 Å². The SMILES string of the molecule is CC(C)c1c(C2CC(C)(C(=O)O)C2)c2c(F)c3[nH]ncc3cc2n1-c1ccc(F)c(F)c1. The van der Waals surface area contributed by atoms with Crippen LogP contribution in [0.15, 0.2) is 30.5 Å². The van der Waals surface area contributed by atoms with Gasteiger partial charge in [-0.05, 0) is 55.4 Å². The number of nitrogens with one attached hydrogen (secondary N) is 1. The second-order valence-electron chi connectivity index (χ2n) is 9.28. The van der Waals surface area contributed by atoms with Crippen LogP contribution in [0.1, 0.15) is 56.7 Å². The first kappa shape index (κ1) is 20.6. The molecule has 32 heavy (non-hydrogen) atoms. The van der Waals surface area contributed by atoms with Crippen molar-refractivity contribution in [1.29, 1.82) is 0 Å². The minimum Gasteiger partial charge on any atom is -0.481 e. The number of aromatic amines is 1. The van der Waals surface area contributed by atoms with Crippen LogP contribution in [-0.2, 0) is 4.79 Å². The van der Waals surface area contributed by atoms with Crippen LogP contribution in [0.2, 0.25) is 0 Å². The van der Waals surface area contributed by atoms with Crippen molar-refractivity contribution < 1.29 is 23.1 Å². The summed E-state index contributed by atoms with van der Waals surface area (Å²) in [5.41, 5.74) is 1.79. The highest BCUT2D eigenvalue weighted by molar-refractivity contribution is 6.00. The Bertz CT molecular complexity index is 1400. The maximum absolute atomic E-state index is 15.8. The predicted octanol–water partition coefficient (Wildman–Crippen LogP) is 6.02. The van der Waals surface area contributed by atoms with Gasteiger partial charge in [-0.1, -0.05) is 13.8 Å². The fourth-order valence-electron chi connectivity index (χ4n) is 5.14. The molecule has 0 aliphatic heterocycles. The average molecular weight is 441 g/mol. The predicted molar refractivity (Wildman–Crippen MR) is 115 cm³/mol. The molecule has 0 radical (unpaired) electrons. The molecule has 0 saturated heterocycles. The summed E-state index contributed by atoms with van der Waals surface area (Å²) in [5, 5.41) is 17.1. The number of carboxylic acid groups (broad SMARTS) is 1. The Morgan fingerprint density at radius 3 is 2.56 bits per heavy atom. The number of aromatic nitrogens is 3. The van der Waals surface area contributed by atoms with Gasteiger partial charge in [0.2, 0.25) is 0 Å². The van der Waals surface area contributed by atoms with E-state index in [0.29, 0.717) is 34.8 Å². The summed E-state index contributed by atoms with van der Waals surface area (Å²) in [4.78, 5) is 11.7. The highest BCUT2D eigenvalue weighted by atomic mass is 19.2. The molecule has 0 unspecified atom stereocenters. The van der Waals surface area contributed by atoms with Gasteiger partial charge in [0.25, 0.3) is 0 Å². The lowest BCUT2D eigenvalue weighted by atomic mass is 9.60. The molecule has 1 saturated carbocycles. The highest BCUT2D eigenvalue weighted by Crippen LogP contribution is 2.55. The van der Waals surface area contributed by atoms with Gasteiger partial charge in [-0.3, -0.25) is 9.89 Å². The van der Waals surface area contributed by atoms with Gasteiger partial charge in [0.1, 0.15) is 5.52 Å². The van der Waals surface area contributed by atoms with E-state index in [0.717, 1.165) is 23.4 Å². The average Bonchev–Trinajstić information content (AvgIpc) is 3.30. The van der Waals surface area contributed by atoms with Crippen molar-refractivity contribution in [2.24, 2.45) is 5.41 Å². The van der Waals surface area contributed by atoms with Gasteiger partial charge >= 0.3 is 5.97 Å². The Balaban J connectivity index is 1.86. The van der Waals surface area contributed by atoms with Crippen LogP contribution in [0.4, 0.5) is 13.2 Å². The third kappa shape index (κ3) is 2.78. The smallest absolute Gasteiger partial charge is 0.309 e. The molecule has 0 bridgehead atoms. The van der Waals surface area contributed by atoms with Crippen molar-refractivity contribution in [3.63, 3.8) is 0 Å². The number of H-pyrrole nitrogens is 1. The summed E-state index contributed by atoms with van der Waals surface area (Å²) in [5.74, 6) is -3.56. The van der Waals surface area contributed by atoms with Crippen molar-refractivity contribution in [3.8, 4) is 5.69 Å². The second kappa shape index (κ2) is 6.85. The summed E-state index contributed by atoms with van der Waals surface area (Å²) in [6.45, 7) is 5.60. The number of benzene rings is 2. The van der Waals surface area contributed by atoms with E-state index in [1.54, 1.807) is 17.6 Å². The van der Waals surface area contributed by atoms with Crippen molar-refractivity contribution in [3.05, 3.63) is 59.2 Å². The Morgan fingerprint density at radius 2 is 1.94 bits per heavy atom. The summed E-state index contributed by atoms with van der Waals surface area (Å²) in [7, 11) is 0. The molecule has 0 spiro atoms. The summed E-state index contributed by atoms with van der Waals surface area (Å²) >= 11 is 0. The van der Waals surface area contributed by atoms with E-state index in [4.69, 9.17) is 0 Å². The van der Waals surface area contributed by atoms with E-state index < -0.39 is 28.8 Å². The number of hydrogen-bond donors (Lipinski definition) is 2. The molecule has 2 heterocycles. The Kier molecular flexibility index (Phi) is 4.41. The number of halogens is 3. The molecule has 4 aromatic rings. The number of rotatable bonds is 4. The van der Waals surface area contributed by atoms with Crippen LogP contribution in [0.5, 0.6) is 0 Å². The molecular formula is C24H22F3N3O2. The standard InChI is InChI=1S/C24H22F3N3O2/c1-11(2)22-18(13-8-24(3,9-13)23(31)32)19-17(6-12-10-28-29-21(12)20(19)27)30(22)14-4-5-15(25)16(26)7-14/h4-7,10-11,13H,8-9H2,1-3H3,(H,28,29)(H,31,32). The van der Waals surface area contributed by atoms with Crippen molar-refractivity contribution in [1.82, 2.24) is 14.8 Å². The third-order valence-electron chi connectivity index (χ3n) is 6.71. The number of fused-ring (bicyclic) bond motifs is 2. The molecule has 166 valence electrons. The van der Waals surface area contributed by atoms with Gasteiger partial charge in [-0.25, -0.2) is 13.2 Å². The first-order valence-corrected chi connectivity index (χ1v) is 10.5. The second-order valence-corrected chi connectivity index (χ2v) is 9.28. The minimum atomic E-state index is -0.993. The van der Waals surface area contributed by atoms with Crippen LogP contribution in [-0.4, -0.2) is 25.8 Å². The monoisotopic (exact) mass is 441 g/mol. The van der Waals surface area contributed by atoms with Gasteiger partial charge in [-0.15, -0.1) is 0 Å². The molecule has 0 amide bonds. The first-order valence-electron chi connectivity index (χ1n) is 10.5. The van der Waals surface area contributed by atoms with E-state index in [-0.39, 0.29) is 17.4 Å². The molecule has 5 rings (SSSR count). The first-order chi connectivity index (χ1) is 15.1. The molecule has 1 aliphatic rings. The van der Waals surface area contributed by atoms with Gasteiger partial charge in [0, 0.05) is 28.2 Å². The Hall–Kier alpha value is -3.29. The zero-order valence-corrected chi connectivity index (χ0v) is 17.8. The number of carboxylic acids is 1. The number of nitrogens with zero attached hydrogens (tertiary/aromatic N) is 2. The van der Waals surface area contributed by atoms with Crippen molar-refractivity contribution >= 4 is 27.8 Å². The molecule has 0 atom stereocenters. The third-order valence-corrected chi connectivity index (χ3v) is 6.71. The summed E-state index contributed by atoms with van der Waals surface area (Å²) in [6.07, 6.45) is 2.26. The van der Waals surface area contributed by atoms with Crippen LogP contribution in [0.25, 0.3) is 27.5 Å². The summed E-state index contributed by atoms with van der Waals surface area (Å²) in [6, 6.07) is 5.40. The molecule has 1 fully saturated rings. The number of aliphatic carboxylic acids is 1. The van der Waals surface area contributed by atoms with Gasteiger partial charge in [0.05, 0.1) is 17.1 Å². The molecular weight excluding hydrogens is 419 g/mol. The van der Waals surface area contributed by atoms with Crippen LogP contribution >= 0.6 is 0 Å². The Morgan fingerprint density at radius 1 is 1.22 bits per heavy atom. The fourth-order valence-corrected chi connectivity index (χ4v) is 5.14. The highest BCUT2D eigenvalue weighted by Gasteiger charge is 2.49. The van der Waals surface area contributed by atoms with E-state index in [1.165, 1.54) is 12.3 Å². The maximum atomic E-state index is 15.8. The molecule has 5 nitrogen and oxygen atoms in total.